The van der Waals surface area contributed by atoms with Gasteiger partial charge >= 0.3 is 5.63 Å². The highest BCUT2D eigenvalue weighted by molar-refractivity contribution is 6.31. The molecule has 136 valence electrons. The number of hydrogen-bond donors (Lipinski definition) is 1. The van der Waals surface area contributed by atoms with Crippen LogP contribution in [0, 0.1) is 11.8 Å². The fraction of sp³-hybridized carbons (Fsp3) is 0.0417. The Hall–Kier alpha value is -3.48. The van der Waals surface area contributed by atoms with Crippen LogP contribution in [0.15, 0.2) is 88.1 Å². The van der Waals surface area contributed by atoms with E-state index in [1.807, 2.05) is 60.7 Å². The lowest BCUT2D eigenvalue weighted by atomic mass is 9.91. The van der Waals surface area contributed by atoms with Gasteiger partial charge in [-0.15, -0.1) is 0 Å². The second-order valence-electron chi connectivity index (χ2n) is 6.27. The molecule has 3 nitrogen and oxygen atoms in total. The molecule has 1 N–H and O–H groups in total. The van der Waals surface area contributed by atoms with Crippen LogP contribution in [-0.4, -0.2) is 5.11 Å². The first-order chi connectivity index (χ1) is 13.6. The number of aromatic hydroxyl groups is 1. The number of halogens is 1. The van der Waals surface area contributed by atoms with Crippen LogP contribution in [0.4, 0.5) is 0 Å². The van der Waals surface area contributed by atoms with Gasteiger partial charge in [0, 0.05) is 10.6 Å². The Kier molecular flexibility index (Phi) is 4.89. The zero-order valence-corrected chi connectivity index (χ0v) is 15.5. The van der Waals surface area contributed by atoms with Crippen molar-refractivity contribution >= 4 is 22.6 Å². The summed E-state index contributed by atoms with van der Waals surface area (Å²) in [5, 5.41) is 11.7. The van der Waals surface area contributed by atoms with Crippen molar-refractivity contribution in [2.24, 2.45) is 0 Å². The van der Waals surface area contributed by atoms with Gasteiger partial charge in [0.15, 0.2) is 0 Å². The van der Waals surface area contributed by atoms with Crippen LogP contribution in [0.3, 0.4) is 0 Å². The molecule has 1 aromatic heterocycles. The molecule has 4 rings (SSSR count). The van der Waals surface area contributed by atoms with E-state index in [2.05, 4.69) is 11.8 Å². The van der Waals surface area contributed by atoms with Crippen molar-refractivity contribution in [3.63, 3.8) is 0 Å². The van der Waals surface area contributed by atoms with E-state index >= 15 is 0 Å². The fourth-order valence-electron chi connectivity index (χ4n) is 3.07. The van der Waals surface area contributed by atoms with E-state index in [0.29, 0.717) is 10.4 Å². The number of benzene rings is 3. The lowest BCUT2D eigenvalue weighted by Crippen LogP contribution is -2.13. The summed E-state index contributed by atoms with van der Waals surface area (Å²) in [7, 11) is 0. The Bertz CT molecular complexity index is 1250. The minimum absolute atomic E-state index is 0.101. The second-order valence-corrected chi connectivity index (χ2v) is 6.71. The lowest BCUT2D eigenvalue weighted by Gasteiger charge is -2.13. The van der Waals surface area contributed by atoms with Gasteiger partial charge in [-0.05, 0) is 35.9 Å². The molecule has 28 heavy (non-hydrogen) atoms. The Balaban J connectivity index is 1.95. The molecule has 0 saturated carbocycles. The van der Waals surface area contributed by atoms with E-state index < -0.39 is 11.5 Å². The molecule has 0 radical (unpaired) electrons. The average Bonchev–Trinajstić information content (AvgIpc) is 2.72. The molecular weight excluding hydrogens is 372 g/mol. The predicted molar refractivity (Wildman–Crippen MR) is 111 cm³/mol. The summed E-state index contributed by atoms with van der Waals surface area (Å²) in [6.07, 6.45) is 0. The van der Waals surface area contributed by atoms with Gasteiger partial charge in [0.2, 0.25) is 0 Å². The summed E-state index contributed by atoms with van der Waals surface area (Å²) in [6.45, 7) is 0. The quantitative estimate of drug-likeness (QED) is 0.374. The SMILES string of the molecule is O=c1oc2ccc(Cl)cc2c(O)c1C(C#Cc1ccccc1)c1ccccc1. The summed E-state index contributed by atoms with van der Waals surface area (Å²) in [5.41, 5.74) is 1.36. The normalized spacial score (nSPS) is 11.6. The molecule has 0 aliphatic heterocycles. The van der Waals surface area contributed by atoms with Crippen molar-refractivity contribution in [1.82, 2.24) is 0 Å². The van der Waals surface area contributed by atoms with Crippen LogP contribution in [-0.2, 0) is 0 Å². The van der Waals surface area contributed by atoms with Gasteiger partial charge in [-0.2, -0.15) is 0 Å². The molecule has 4 heteroatoms. The Morgan fingerprint density at radius 3 is 2.32 bits per heavy atom. The largest absolute Gasteiger partial charge is 0.507 e. The first kappa shape index (κ1) is 17.9. The van der Waals surface area contributed by atoms with E-state index in [1.54, 1.807) is 18.2 Å². The molecule has 1 atom stereocenters. The van der Waals surface area contributed by atoms with Gasteiger partial charge in [0.05, 0.1) is 16.9 Å². The molecule has 3 aromatic carbocycles. The molecule has 0 aliphatic carbocycles. The van der Waals surface area contributed by atoms with Crippen molar-refractivity contribution < 1.29 is 9.52 Å². The molecule has 1 unspecified atom stereocenters. The third-order valence-corrected chi connectivity index (χ3v) is 4.67. The minimum atomic E-state index is -0.652. The molecule has 0 bridgehead atoms. The molecule has 0 fully saturated rings. The molecule has 0 spiro atoms. The van der Waals surface area contributed by atoms with Crippen molar-refractivity contribution in [3.05, 3.63) is 111 Å². The van der Waals surface area contributed by atoms with Crippen LogP contribution in [0.2, 0.25) is 5.02 Å². The third kappa shape index (κ3) is 3.51. The Morgan fingerprint density at radius 2 is 1.61 bits per heavy atom. The monoisotopic (exact) mass is 386 g/mol. The lowest BCUT2D eigenvalue weighted by molar-refractivity contribution is 0.456. The van der Waals surface area contributed by atoms with Crippen LogP contribution >= 0.6 is 11.6 Å². The Morgan fingerprint density at radius 1 is 0.929 bits per heavy atom. The second kappa shape index (κ2) is 7.64. The molecule has 4 aromatic rings. The summed E-state index contributed by atoms with van der Waals surface area (Å²) < 4.78 is 5.44. The predicted octanol–water partition coefficient (Wildman–Crippen LogP) is 5.34. The van der Waals surface area contributed by atoms with E-state index in [1.165, 1.54) is 0 Å². The first-order valence-corrected chi connectivity index (χ1v) is 9.08. The van der Waals surface area contributed by atoms with E-state index in [0.717, 1.165) is 11.1 Å². The highest BCUT2D eigenvalue weighted by Gasteiger charge is 2.23. The third-order valence-electron chi connectivity index (χ3n) is 4.43. The summed E-state index contributed by atoms with van der Waals surface area (Å²) >= 11 is 6.06. The standard InChI is InChI=1S/C24H15ClO3/c25-18-12-14-21-20(15-18)23(26)22(24(27)28-21)19(17-9-5-2-6-10-17)13-11-16-7-3-1-4-8-16/h1-10,12,14-15,19,26H. The Labute approximate surface area is 166 Å². The van der Waals surface area contributed by atoms with Crippen LogP contribution < -0.4 is 5.63 Å². The maximum atomic E-state index is 12.7. The number of rotatable bonds is 2. The van der Waals surface area contributed by atoms with Gasteiger partial charge in [-0.1, -0.05) is 72.0 Å². The van der Waals surface area contributed by atoms with Crippen molar-refractivity contribution in [2.45, 2.75) is 5.92 Å². The summed E-state index contributed by atoms with van der Waals surface area (Å²) in [4.78, 5) is 12.7. The highest BCUT2D eigenvalue weighted by Crippen LogP contribution is 2.35. The maximum absolute atomic E-state index is 12.7. The zero-order valence-electron chi connectivity index (χ0n) is 14.7. The summed E-state index contributed by atoms with van der Waals surface area (Å²) in [5.74, 6) is 5.40. The average molecular weight is 387 g/mol. The molecule has 0 aliphatic rings. The minimum Gasteiger partial charge on any atom is -0.507 e. The van der Waals surface area contributed by atoms with E-state index in [-0.39, 0.29) is 16.9 Å². The van der Waals surface area contributed by atoms with Gasteiger partial charge in [0.25, 0.3) is 0 Å². The van der Waals surface area contributed by atoms with Crippen molar-refractivity contribution in [2.75, 3.05) is 0 Å². The van der Waals surface area contributed by atoms with Crippen molar-refractivity contribution in [3.8, 4) is 17.6 Å². The van der Waals surface area contributed by atoms with Gasteiger partial charge in [-0.3, -0.25) is 0 Å². The van der Waals surface area contributed by atoms with Gasteiger partial charge in [0.1, 0.15) is 11.3 Å². The van der Waals surface area contributed by atoms with Gasteiger partial charge < -0.3 is 9.52 Å². The number of fused-ring (bicyclic) bond motifs is 1. The molecular formula is C24H15ClO3. The molecule has 1 heterocycles. The van der Waals surface area contributed by atoms with Crippen LogP contribution in [0.5, 0.6) is 5.75 Å². The van der Waals surface area contributed by atoms with Crippen molar-refractivity contribution in [1.29, 1.82) is 0 Å². The molecule has 0 amide bonds. The van der Waals surface area contributed by atoms with Gasteiger partial charge in [-0.25, -0.2) is 4.79 Å². The summed E-state index contributed by atoms with van der Waals surface area (Å²) in [6, 6.07) is 23.6. The topological polar surface area (TPSA) is 50.4 Å². The zero-order chi connectivity index (χ0) is 19.5. The van der Waals surface area contributed by atoms with Crippen LogP contribution in [0.25, 0.3) is 11.0 Å². The fourth-order valence-corrected chi connectivity index (χ4v) is 3.24. The maximum Gasteiger partial charge on any atom is 0.344 e. The van der Waals surface area contributed by atoms with E-state index in [9.17, 15) is 9.90 Å². The first-order valence-electron chi connectivity index (χ1n) is 8.70. The number of hydrogen-bond acceptors (Lipinski definition) is 3. The van der Waals surface area contributed by atoms with Crippen LogP contribution in [0.1, 0.15) is 22.6 Å². The molecule has 0 saturated heterocycles. The smallest absolute Gasteiger partial charge is 0.344 e. The van der Waals surface area contributed by atoms with E-state index in [4.69, 9.17) is 16.0 Å². The highest BCUT2D eigenvalue weighted by atomic mass is 35.5.